The van der Waals surface area contributed by atoms with Crippen LogP contribution >= 0.6 is 0 Å². The fourth-order valence-corrected chi connectivity index (χ4v) is 1.78. The van der Waals surface area contributed by atoms with Gasteiger partial charge < -0.3 is 15.4 Å². The van der Waals surface area contributed by atoms with Crippen LogP contribution < -0.4 is 10.6 Å². The normalized spacial score (nSPS) is 11.3. The lowest BCUT2D eigenvalue weighted by molar-refractivity contribution is 0.0527. The Labute approximate surface area is 126 Å². The van der Waals surface area contributed by atoms with Gasteiger partial charge in [0.1, 0.15) is 11.4 Å². The predicted octanol–water partition coefficient (Wildman–Crippen LogP) is 3.14. The molecule has 0 aromatic heterocycles. The molecule has 0 bridgehead atoms. The van der Waals surface area contributed by atoms with E-state index < -0.39 is 11.7 Å². The molecule has 0 saturated heterocycles. The molecule has 0 atom stereocenters. The van der Waals surface area contributed by atoms with E-state index in [9.17, 15) is 9.18 Å². The number of ether oxygens (including phenoxy) is 1. The first-order valence-electron chi connectivity index (χ1n) is 7.20. The quantitative estimate of drug-likeness (QED) is 0.793. The van der Waals surface area contributed by atoms with Gasteiger partial charge in [0.05, 0.1) is 0 Å². The topological polar surface area (TPSA) is 50.4 Å². The fraction of sp³-hybridized carbons (Fsp3) is 0.562. The molecular formula is C16H25FN2O2. The second-order valence-electron chi connectivity index (χ2n) is 6.05. The number of carbonyl (C=O) groups is 1. The molecule has 0 fully saturated rings. The Morgan fingerprint density at radius 1 is 1.29 bits per heavy atom. The van der Waals surface area contributed by atoms with Gasteiger partial charge in [0, 0.05) is 18.7 Å². The van der Waals surface area contributed by atoms with Crippen LogP contribution in [0.1, 0.15) is 38.3 Å². The molecule has 118 valence electrons. The number of hydrogen-bond donors (Lipinski definition) is 2. The van der Waals surface area contributed by atoms with E-state index in [0.29, 0.717) is 25.2 Å². The number of rotatable bonds is 6. The number of amides is 1. The molecule has 1 amide bonds. The highest BCUT2D eigenvalue weighted by Gasteiger charge is 2.15. The zero-order valence-electron chi connectivity index (χ0n) is 13.3. The lowest BCUT2D eigenvalue weighted by Crippen LogP contribution is -2.33. The summed E-state index contributed by atoms with van der Waals surface area (Å²) in [5.74, 6) is -0.194. The van der Waals surface area contributed by atoms with E-state index >= 15 is 0 Å². The number of benzene rings is 1. The van der Waals surface area contributed by atoms with E-state index in [1.165, 1.54) is 6.07 Å². The van der Waals surface area contributed by atoms with E-state index in [-0.39, 0.29) is 5.82 Å². The van der Waals surface area contributed by atoms with E-state index in [1.54, 1.807) is 6.07 Å². The van der Waals surface area contributed by atoms with Crippen molar-refractivity contribution in [1.29, 1.82) is 0 Å². The highest BCUT2D eigenvalue weighted by Crippen LogP contribution is 2.09. The Morgan fingerprint density at radius 3 is 2.67 bits per heavy atom. The second kappa shape index (κ2) is 7.98. The van der Waals surface area contributed by atoms with Crippen molar-refractivity contribution in [3.63, 3.8) is 0 Å². The standard InChI is InChI=1S/C16H25FN2O2/c1-12-6-7-14(17)13(10-12)11-18-8-5-9-19-15(20)21-16(2,3)4/h6-7,10,18H,5,8-9,11H2,1-4H3,(H,19,20). The van der Waals surface area contributed by atoms with E-state index in [0.717, 1.165) is 12.0 Å². The molecule has 0 aliphatic rings. The average Bonchev–Trinajstić information content (AvgIpc) is 2.35. The number of aryl methyl sites for hydroxylation is 1. The molecule has 0 spiro atoms. The summed E-state index contributed by atoms with van der Waals surface area (Å²) in [5, 5.41) is 5.84. The summed E-state index contributed by atoms with van der Waals surface area (Å²) in [5.41, 5.74) is 1.22. The molecule has 2 N–H and O–H groups in total. The molecule has 0 saturated carbocycles. The lowest BCUT2D eigenvalue weighted by atomic mass is 10.1. The average molecular weight is 296 g/mol. The summed E-state index contributed by atoms with van der Waals surface area (Å²) in [6, 6.07) is 5.07. The third-order valence-corrected chi connectivity index (χ3v) is 2.72. The van der Waals surface area contributed by atoms with E-state index in [2.05, 4.69) is 10.6 Å². The summed E-state index contributed by atoms with van der Waals surface area (Å²) < 4.78 is 18.6. The first kappa shape index (κ1) is 17.4. The summed E-state index contributed by atoms with van der Waals surface area (Å²) in [6.07, 6.45) is 0.347. The van der Waals surface area contributed by atoms with Crippen molar-refractivity contribution < 1.29 is 13.9 Å². The smallest absolute Gasteiger partial charge is 0.407 e. The van der Waals surface area contributed by atoms with Crippen LogP contribution in [0.25, 0.3) is 0 Å². The molecule has 4 nitrogen and oxygen atoms in total. The molecule has 0 unspecified atom stereocenters. The molecule has 0 aliphatic carbocycles. The third kappa shape index (κ3) is 7.66. The van der Waals surface area contributed by atoms with Crippen molar-refractivity contribution >= 4 is 6.09 Å². The Bertz CT molecular complexity index is 470. The van der Waals surface area contributed by atoms with Crippen LogP contribution in [0.15, 0.2) is 18.2 Å². The molecule has 1 rings (SSSR count). The highest BCUT2D eigenvalue weighted by molar-refractivity contribution is 5.67. The first-order chi connectivity index (χ1) is 9.78. The van der Waals surface area contributed by atoms with E-state index in [1.807, 2.05) is 33.8 Å². The van der Waals surface area contributed by atoms with Crippen LogP contribution in [0, 0.1) is 12.7 Å². The summed E-state index contributed by atoms with van der Waals surface area (Å²) in [4.78, 5) is 11.4. The first-order valence-corrected chi connectivity index (χ1v) is 7.20. The van der Waals surface area contributed by atoms with Gasteiger partial charge >= 0.3 is 6.09 Å². The molecule has 1 aromatic carbocycles. The molecule has 0 radical (unpaired) electrons. The van der Waals surface area contributed by atoms with Crippen LogP contribution in [-0.2, 0) is 11.3 Å². The van der Waals surface area contributed by atoms with Gasteiger partial charge in [-0.05, 0) is 46.7 Å². The number of halogens is 1. The zero-order chi connectivity index (χ0) is 15.9. The van der Waals surface area contributed by atoms with Crippen molar-refractivity contribution in [2.45, 2.75) is 46.3 Å². The molecule has 5 heteroatoms. The van der Waals surface area contributed by atoms with Gasteiger partial charge in [-0.15, -0.1) is 0 Å². The third-order valence-electron chi connectivity index (χ3n) is 2.72. The number of alkyl carbamates (subject to hydrolysis) is 1. The number of carbonyl (C=O) groups excluding carboxylic acids is 1. The molecular weight excluding hydrogens is 271 g/mol. The van der Waals surface area contributed by atoms with Gasteiger partial charge in [-0.3, -0.25) is 0 Å². The summed E-state index contributed by atoms with van der Waals surface area (Å²) in [7, 11) is 0. The van der Waals surface area contributed by atoms with Crippen molar-refractivity contribution in [1.82, 2.24) is 10.6 Å². The van der Waals surface area contributed by atoms with Gasteiger partial charge in [-0.2, -0.15) is 0 Å². The van der Waals surface area contributed by atoms with Crippen molar-refractivity contribution in [2.75, 3.05) is 13.1 Å². The lowest BCUT2D eigenvalue weighted by Gasteiger charge is -2.19. The molecule has 1 aromatic rings. The minimum atomic E-state index is -0.481. The van der Waals surface area contributed by atoms with Gasteiger partial charge in [0.15, 0.2) is 0 Å². The van der Waals surface area contributed by atoms with Crippen molar-refractivity contribution in [3.05, 3.63) is 35.1 Å². The van der Waals surface area contributed by atoms with Crippen LogP contribution in [0.3, 0.4) is 0 Å². The van der Waals surface area contributed by atoms with Gasteiger partial charge in [-0.25, -0.2) is 9.18 Å². The summed E-state index contributed by atoms with van der Waals surface area (Å²) >= 11 is 0. The molecule has 0 aliphatic heterocycles. The maximum absolute atomic E-state index is 13.5. The van der Waals surface area contributed by atoms with Crippen molar-refractivity contribution in [3.8, 4) is 0 Å². The minimum Gasteiger partial charge on any atom is -0.444 e. The van der Waals surface area contributed by atoms with Crippen LogP contribution in [-0.4, -0.2) is 24.8 Å². The maximum atomic E-state index is 13.5. The largest absolute Gasteiger partial charge is 0.444 e. The van der Waals surface area contributed by atoms with Crippen LogP contribution in [0.4, 0.5) is 9.18 Å². The van der Waals surface area contributed by atoms with E-state index in [4.69, 9.17) is 4.74 Å². The minimum absolute atomic E-state index is 0.194. The van der Waals surface area contributed by atoms with Gasteiger partial charge in [0.25, 0.3) is 0 Å². The number of nitrogens with one attached hydrogen (secondary N) is 2. The molecule has 0 heterocycles. The van der Waals surface area contributed by atoms with Crippen LogP contribution in [0.5, 0.6) is 0 Å². The maximum Gasteiger partial charge on any atom is 0.407 e. The Morgan fingerprint density at radius 2 is 2.00 bits per heavy atom. The summed E-state index contributed by atoms with van der Waals surface area (Å²) in [6.45, 7) is 9.12. The van der Waals surface area contributed by atoms with Crippen molar-refractivity contribution in [2.24, 2.45) is 0 Å². The molecule has 21 heavy (non-hydrogen) atoms. The Balaban J connectivity index is 2.15. The number of hydrogen-bond acceptors (Lipinski definition) is 3. The van der Waals surface area contributed by atoms with Gasteiger partial charge in [0.2, 0.25) is 0 Å². The monoisotopic (exact) mass is 296 g/mol. The van der Waals surface area contributed by atoms with Crippen LogP contribution in [0.2, 0.25) is 0 Å². The fourth-order valence-electron chi connectivity index (χ4n) is 1.78. The second-order valence-corrected chi connectivity index (χ2v) is 6.05. The predicted molar refractivity (Wildman–Crippen MR) is 81.7 cm³/mol. The highest BCUT2D eigenvalue weighted by atomic mass is 19.1. The zero-order valence-corrected chi connectivity index (χ0v) is 13.3. The van der Waals surface area contributed by atoms with Gasteiger partial charge in [-0.1, -0.05) is 17.7 Å². The SMILES string of the molecule is Cc1ccc(F)c(CNCCCNC(=O)OC(C)(C)C)c1. The Hall–Kier alpha value is -1.62. The Kier molecular flexibility index (Phi) is 6.62.